The molecule has 1 unspecified atom stereocenters. The number of sulfonamides is 1. The molecule has 1 fully saturated rings. The van der Waals surface area contributed by atoms with Gasteiger partial charge in [0.1, 0.15) is 0 Å². The molecule has 3 rings (SSSR count). The third-order valence-corrected chi connectivity index (χ3v) is 7.03. The summed E-state index contributed by atoms with van der Waals surface area (Å²) < 4.78 is 27.4. The van der Waals surface area contributed by atoms with Gasteiger partial charge < -0.3 is 0 Å². The van der Waals surface area contributed by atoms with Crippen LogP contribution in [0.25, 0.3) is 0 Å². The second kappa shape index (κ2) is 7.71. The van der Waals surface area contributed by atoms with E-state index in [1.165, 1.54) is 16.4 Å². The van der Waals surface area contributed by atoms with Gasteiger partial charge in [0, 0.05) is 56.7 Å². The molecule has 1 aromatic carbocycles. The highest BCUT2D eigenvalue weighted by Crippen LogP contribution is 2.27. The van der Waals surface area contributed by atoms with Crippen molar-refractivity contribution in [2.24, 2.45) is 0 Å². The molecule has 27 heavy (non-hydrogen) atoms. The number of hydrogen-bond acceptors (Lipinski definition) is 6. The van der Waals surface area contributed by atoms with Crippen molar-refractivity contribution in [3.8, 4) is 0 Å². The van der Waals surface area contributed by atoms with Gasteiger partial charge in [0.25, 0.3) is 5.69 Å². The van der Waals surface area contributed by atoms with Gasteiger partial charge in [0.05, 0.1) is 9.82 Å². The quantitative estimate of drug-likeness (QED) is 0.574. The fourth-order valence-electron chi connectivity index (χ4n) is 3.28. The maximum absolute atomic E-state index is 13.0. The number of benzene rings is 1. The normalized spacial score (nSPS) is 17.6. The van der Waals surface area contributed by atoms with E-state index in [-0.39, 0.29) is 16.6 Å². The van der Waals surface area contributed by atoms with Crippen molar-refractivity contribution < 1.29 is 13.3 Å². The van der Waals surface area contributed by atoms with Crippen molar-refractivity contribution in [1.82, 2.24) is 14.2 Å². The first-order valence-electron chi connectivity index (χ1n) is 8.70. The van der Waals surface area contributed by atoms with E-state index in [0.29, 0.717) is 31.7 Å². The first-order chi connectivity index (χ1) is 12.8. The molecule has 1 atom stereocenters. The number of aryl methyl sites for hydroxylation is 1. The van der Waals surface area contributed by atoms with Gasteiger partial charge in [-0.25, -0.2) is 8.42 Å². The lowest BCUT2D eigenvalue weighted by Crippen LogP contribution is -2.49. The lowest BCUT2D eigenvalue weighted by Gasteiger charge is -2.37. The van der Waals surface area contributed by atoms with Crippen LogP contribution in [0.3, 0.4) is 0 Å². The standard InChI is InChI=1S/C18H22N4O4S/c1-14-5-6-17(22(23)24)12-18(14)27(25,26)21-10-8-20(9-11-21)15(2)16-4-3-7-19-13-16/h3-7,12-13,15H,8-11H2,1-2H3. The molecule has 1 aromatic heterocycles. The minimum atomic E-state index is -3.77. The molecule has 1 aliphatic rings. The number of aromatic nitrogens is 1. The summed E-state index contributed by atoms with van der Waals surface area (Å²) in [7, 11) is -3.77. The van der Waals surface area contributed by atoms with Gasteiger partial charge in [-0.05, 0) is 31.0 Å². The summed E-state index contributed by atoms with van der Waals surface area (Å²) in [6.45, 7) is 5.58. The highest BCUT2D eigenvalue weighted by Gasteiger charge is 2.32. The van der Waals surface area contributed by atoms with Gasteiger partial charge in [-0.3, -0.25) is 20.0 Å². The van der Waals surface area contributed by atoms with E-state index in [0.717, 1.165) is 11.6 Å². The zero-order valence-corrected chi connectivity index (χ0v) is 16.1. The Morgan fingerprint density at radius 1 is 1.19 bits per heavy atom. The van der Waals surface area contributed by atoms with Crippen molar-refractivity contribution in [3.05, 3.63) is 64.0 Å². The SMILES string of the molecule is Cc1ccc([N+](=O)[O-])cc1S(=O)(=O)N1CCN(C(C)c2cccnc2)CC1. The van der Waals surface area contributed by atoms with Crippen LogP contribution in [0.4, 0.5) is 5.69 Å². The van der Waals surface area contributed by atoms with Crippen LogP contribution in [0, 0.1) is 17.0 Å². The fraction of sp³-hybridized carbons (Fsp3) is 0.389. The molecule has 1 saturated heterocycles. The number of nitro groups is 1. The molecule has 0 radical (unpaired) electrons. The second-order valence-electron chi connectivity index (χ2n) is 6.61. The summed E-state index contributed by atoms with van der Waals surface area (Å²) in [5.74, 6) is 0. The van der Waals surface area contributed by atoms with Crippen molar-refractivity contribution in [1.29, 1.82) is 0 Å². The number of pyridine rings is 1. The molecule has 0 spiro atoms. The number of rotatable bonds is 5. The summed E-state index contributed by atoms with van der Waals surface area (Å²) in [6.07, 6.45) is 3.54. The van der Waals surface area contributed by atoms with Crippen molar-refractivity contribution in [3.63, 3.8) is 0 Å². The largest absolute Gasteiger partial charge is 0.294 e. The zero-order chi connectivity index (χ0) is 19.6. The number of nitrogens with zero attached hydrogens (tertiary/aromatic N) is 4. The minimum Gasteiger partial charge on any atom is -0.294 e. The summed E-state index contributed by atoms with van der Waals surface area (Å²) in [5.41, 5.74) is 1.37. The van der Waals surface area contributed by atoms with Gasteiger partial charge in [-0.1, -0.05) is 12.1 Å². The second-order valence-corrected chi connectivity index (χ2v) is 8.52. The van der Waals surface area contributed by atoms with E-state index in [4.69, 9.17) is 0 Å². The van der Waals surface area contributed by atoms with Crippen LogP contribution in [0.1, 0.15) is 24.1 Å². The average Bonchev–Trinajstić information content (AvgIpc) is 2.68. The lowest BCUT2D eigenvalue weighted by molar-refractivity contribution is -0.385. The molecule has 8 nitrogen and oxygen atoms in total. The Morgan fingerprint density at radius 2 is 1.89 bits per heavy atom. The van der Waals surface area contributed by atoms with Crippen LogP contribution < -0.4 is 0 Å². The molecule has 1 aliphatic heterocycles. The topological polar surface area (TPSA) is 96.6 Å². The van der Waals surface area contributed by atoms with E-state index in [1.54, 1.807) is 13.1 Å². The number of piperazine rings is 1. The first kappa shape index (κ1) is 19.4. The predicted molar refractivity (Wildman–Crippen MR) is 101 cm³/mol. The molecular formula is C18H22N4O4S. The molecule has 144 valence electrons. The highest BCUT2D eigenvalue weighted by molar-refractivity contribution is 7.89. The maximum Gasteiger partial charge on any atom is 0.270 e. The van der Waals surface area contributed by atoms with Gasteiger partial charge in [-0.15, -0.1) is 0 Å². The summed E-state index contributed by atoms with van der Waals surface area (Å²) >= 11 is 0. The van der Waals surface area contributed by atoms with E-state index in [2.05, 4.69) is 16.8 Å². The van der Waals surface area contributed by atoms with Crippen LogP contribution in [0.2, 0.25) is 0 Å². The van der Waals surface area contributed by atoms with Gasteiger partial charge in [0.2, 0.25) is 10.0 Å². The molecule has 0 aliphatic carbocycles. The van der Waals surface area contributed by atoms with Gasteiger partial charge in [-0.2, -0.15) is 4.31 Å². The first-order valence-corrected chi connectivity index (χ1v) is 10.1. The Morgan fingerprint density at radius 3 is 2.48 bits per heavy atom. The maximum atomic E-state index is 13.0. The minimum absolute atomic E-state index is 0.00505. The fourth-order valence-corrected chi connectivity index (χ4v) is 4.95. The zero-order valence-electron chi connectivity index (χ0n) is 15.3. The summed E-state index contributed by atoms with van der Waals surface area (Å²) in [4.78, 5) is 16.8. The average molecular weight is 390 g/mol. The highest BCUT2D eigenvalue weighted by atomic mass is 32.2. The van der Waals surface area contributed by atoms with Crippen molar-refractivity contribution in [2.45, 2.75) is 24.8 Å². The van der Waals surface area contributed by atoms with Crippen LogP contribution in [-0.2, 0) is 10.0 Å². The van der Waals surface area contributed by atoms with E-state index >= 15 is 0 Å². The van der Waals surface area contributed by atoms with Crippen LogP contribution in [0.5, 0.6) is 0 Å². The molecule has 2 aromatic rings. The third kappa shape index (κ3) is 4.00. The molecule has 0 bridgehead atoms. The predicted octanol–water partition coefficient (Wildman–Crippen LogP) is 2.37. The van der Waals surface area contributed by atoms with Crippen LogP contribution in [-0.4, -0.2) is 53.7 Å². The molecule has 0 N–H and O–H groups in total. The Labute approximate surface area is 158 Å². The molecule has 9 heteroatoms. The number of nitro benzene ring substituents is 1. The number of non-ortho nitro benzene ring substituents is 1. The van der Waals surface area contributed by atoms with Gasteiger partial charge in [0.15, 0.2) is 0 Å². The Balaban J connectivity index is 1.75. The Hall–Kier alpha value is -2.36. The Kier molecular flexibility index (Phi) is 5.54. The molecule has 0 saturated carbocycles. The van der Waals surface area contributed by atoms with Crippen LogP contribution in [0.15, 0.2) is 47.6 Å². The summed E-state index contributed by atoms with van der Waals surface area (Å²) in [6, 6.07) is 7.98. The van der Waals surface area contributed by atoms with Gasteiger partial charge >= 0.3 is 0 Å². The molecule has 0 amide bonds. The summed E-state index contributed by atoms with van der Waals surface area (Å²) in [5, 5.41) is 11.0. The molecular weight excluding hydrogens is 368 g/mol. The lowest BCUT2D eigenvalue weighted by atomic mass is 10.1. The Bertz CT molecular complexity index is 926. The third-order valence-electron chi connectivity index (χ3n) is 4.99. The molecule has 2 heterocycles. The van der Waals surface area contributed by atoms with E-state index in [1.807, 2.05) is 18.3 Å². The monoisotopic (exact) mass is 390 g/mol. The van der Waals surface area contributed by atoms with E-state index < -0.39 is 14.9 Å². The number of hydrogen-bond donors (Lipinski definition) is 0. The van der Waals surface area contributed by atoms with E-state index in [9.17, 15) is 18.5 Å². The van der Waals surface area contributed by atoms with Crippen LogP contribution >= 0.6 is 0 Å². The van der Waals surface area contributed by atoms with Crippen molar-refractivity contribution >= 4 is 15.7 Å². The smallest absolute Gasteiger partial charge is 0.270 e. The van der Waals surface area contributed by atoms with Crippen molar-refractivity contribution in [2.75, 3.05) is 26.2 Å².